The number of carbonyl (C=O) groups is 1. The summed E-state index contributed by atoms with van der Waals surface area (Å²) < 4.78 is 26.4. The minimum absolute atomic E-state index is 0.0584. The molecule has 5 aromatic rings. The topological polar surface area (TPSA) is 95.3 Å². The molecule has 2 aromatic carbocycles. The van der Waals surface area contributed by atoms with Crippen LogP contribution < -0.4 is 20.3 Å². The number of halogens is 1. The quantitative estimate of drug-likeness (QED) is 0.267. The molecular weight excluding hydrogens is 523 g/mol. The first-order chi connectivity index (χ1) is 19.9. The Kier molecular flexibility index (Phi) is 6.76. The van der Waals surface area contributed by atoms with Gasteiger partial charge >= 0.3 is 0 Å². The van der Waals surface area contributed by atoms with Crippen LogP contribution in [0.15, 0.2) is 90.5 Å². The van der Waals surface area contributed by atoms with Crippen LogP contribution in [-0.4, -0.2) is 27.6 Å². The summed E-state index contributed by atoms with van der Waals surface area (Å²) in [5.41, 5.74) is 3.01. The lowest BCUT2D eigenvalue weighted by atomic mass is 9.90. The zero-order valence-corrected chi connectivity index (χ0v) is 22.2. The van der Waals surface area contributed by atoms with Crippen molar-refractivity contribution in [2.75, 3.05) is 12.4 Å². The third-order valence-electron chi connectivity index (χ3n) is 7.02. The first-order valence-corrected chi connectivity index (χ1v) is 13.0. The zero-order valence-electron chi connectivity index (χ0n) is 22.2. The number of benzene rings is 2. The fraction of sp³-hybridized carbons (Fsp3) is 0.125. The molecule has 9 heteroatoms. The third kappa shape index (κ3) is 5.05. The highest BCUT2D eigenvalue weighted by Gasteiger charge is 2.24. The maximum atomic E-state index is 13.6. The maximum absolute atomic E-state index is 13.6. The van der Waals surface area contributed by atoms with Gasteiger partial charge in [-0.05, 0) is 91.1 Å². The average Bonchev–Trinajstić information content (AvgIpc) is 2.98. The van der Waals surface area contributed by atoms with Crippen LogP contribution in [0.5, 0.6) is 17.2 Å². The first-order valence-electron chi connectivity index (χ1n) is 13.0. The van der Waals surface area contributed by atoms with Crippen LogP contribution in [0.2, 0.25) is 0 Å². The van der Waals surface area contributed by atoms with E-state index in [0.29, 0.717) is 29.4 Å². The Morgan fingerprint density at radius 1 is 1.00 bits per heavy atom. The molecule has 3 heterocycles. The van der Waals surface area contributed by atoms with Crippen molar-refractivity contribution >= 4 is 28.2 Å². The number of nitrogens with one attached hydrogen (secondary N) is 1. The summed E-state index contributed by atoms with van der Waals surface area (Å²) in [6.07, 6.45) is 5.37. The number of amides is 1. The van der Waals surface area contributed by atoms with Crippen LogP contribution in [-0.2, 0) is 6.42 Å². The molecule has 0 bridgehead atoms. The normalized spacial score (nSPS) is 12.6. The summed E-state index contributed by atoms with van der Waals surface area (Å²) >= 11 is 0. The Labute approximate surface area is 234 Å². The number of hydrogen-bond donors (Lipinski definition) is 1. The van der Waals surface area contributed by atoms with E-state index < -0.39 is 17.3 Å². The number of allylic oxidation sites excluding steroid dienone is 1. The lowest BCUT2D eigenvalue weighted by Gasteiger charge is -2.24. The van der Waals surface area contributed by atoms with Gasteiger partial charge < -0.3 is 14.8 Å². The lowest BCUT2D eigenvalue weighted by molar-refractivity contribution is 0.102. The molecule has 0 atom stereocenters. The van der Waals surface area contributed by atoms with E-state index in [2.05, 4.69) is 21.9 Å². The van der Waals surface area contributed by atoms with Gasteiger partial charge in [0, 0.05) is 29.0 Å². The molecule has 1 aliphatic carbocycles. The highest BCUT2D eigenvalue weighted by Crippen LogP contribution is 2.32. The Morgan fingerprint density at radius 3 is 2.56 bits per heavy atom. The van der Waals surface area contributed by atoms with Gasteiger partial charge in [-0.1, -0.05) is 6.58 Å². The molecule has 41 heavy (non-hydrogen) atoms. The third-order valence-corrected chi connectivity index (χ3v) is 7.02. The van der Waals surface area contributed by atoms with Gasteiger partial charge in [-0.2, -0.15) is 0 Å². The minimum Gasteiger partial charge on any atom is -0.497 e. The molecule has 0 radical (unpaired) electrons. The predicted molar refractivity (Wildman–Crippen MR) is 155 cm³/mol. The van der Waals surface area contributed by atoms with E-state index in [4.69, 9.17) is 9.47 Å². The van der Waals surface area contributed by atoms with E-state index in [-0.39, 0.29) is 11.4 Å². The molecule has 0 saturated carbocycles. The number of nitrogens with zero attached hydrogens (tertiary/aromatic N) is 3. The fourth-order valence-corrected chi connectivity index (χ4v) is 4.98. The van der Waals surface area contributed by atoms with Crippen molar-refractivity contribution < 1.29 is 18.7 Å². The number of fused-ring (bicyclic) bond motifs is 2. The van der Waals surface area contributed by atoms with Crippen molar-refractivity contribution in [2.45, 2.75) is 19.3 Å². The zero-order chi connectivity index (χ0) is 28.5. The maximum Gasteiger partial charge on any atom is 0.268 e. The molecular formula is C32H25FN4O4. The number of carbonyl (C=O) groups excluding carboxylic acids is 1. The summed E-state index contributed by atoms with van der Waals surface area (Å²) in [6.45, 7) is 4.15. The van der Waals surface area contributed by atoms with Gasteiger partial charge in [0.1, 0.15) is 34.4 Å². The van der Waals surface area contributed by atoms with Gasteiger partial charge in [0.05, 0.1) is 18.8 Å². The van der Waals surface area contributed by atoms with Crippen molar-refractivity contribution in [3.63, 3.8) is 0 Å². The van der Waals surface area contributed by atoms with Gasteiger partial charge in [0.2, 0.25) is 0 Å². The molecule has 0 saturated heterocycles. The summed E-state index contributed by atoms with van der Waals surface area (Å²) in [4.78, 5) is 35.6. The van der Waals surface area contributed by atoms with Gasteiger partial charge in [0.15, 0.2) is 0 Å². The van der Waals surface area contributed by atoms with Crippen molar-refractivity contribution in [3.05, 3.63) is 119 Å². The Balaban J connectivity index is 1.27. The molecule has 3 aromatic heterocycles. The smallest absolute Gasteiger partial charge is 0.268 e. The highest BCUT2D eigenvalue weighted by atomic mass is 19.1. The van der Waals surface area contributed by atoms with Gasteiger partial charge in [-0.15, -0.1) is 0 Å². The molecule has 6 rings (SSSR count). The van der Waals surface area contributed by atoms with Crippen molar-refractivity contribution in [1.82, 2.24) is 14.5 Å². The Hall–Kier alpha value is -5.31. The van der Waals surface area contributed by atoms with E-state index in [0.717, 1.165) is 40.6 Å². The molecule has 0 aliphatic heterocycles. The summed E-state index contributed by atoms with van der Waals surface area (Å²) in [7, 11) is 1.59. The molecule has 1 N–H and O–H groups in total. The number of anilines is 1. The second-order valence-corrected chi connectivity index (χ2v) is 9.62. The highest BCUT2D eigenvalue weighted by molar-refractivity contribution is 6.04. The summed E-state index contributed by atoms with van der Waals surface area (Å²) in [5.74, 6) is 0.960. The number of ether oxygens (including phenoxy) is 2. The Morgan fingerprint density at radius 2 is 1.80 bits per heavy atom. The van der Waals surface area contributed by atoms with E-state index in [1.54, 1.807) is 37.6 Å². The van der Waals surface area contributed by atoms with Gasteiger partial charge in [0.25, 0.3) is 11.5 Å². The standard InChI is InChI=1S/C32H25FN4O4/c1-19-4-3-5-28-25(19)17-26(32(39)37(28)21-8-6-20(33)7-9-21)31(38)36-30-13-11-23(18-35-30)41-29-14-15-34-27-16-22(40-2)10-12-24(27)29/h6-18H,1,3-5H2,2H3,(H,35,36,38). The molecule has 8 nitrogen and oxygen atoms in total. The number of aromatic nitrogens is 3. The SMILES string of the molecule is C=C1CCCc2c1cc(C(=O)Nc1ccc(Oc3ccnc4cc(OC)ccc34)cn1)c(=O)n2-c1ccc(F)cc1. The number of pyridine rings is 3. The fourth-order valence-electron chi connectivity index (χ4n) is 4.98. The minimum atomic E-state index is -0.609. The summed E-state index contributed by atoms with van der Waals surface area (Å²) in [5, 5.41) is 3.51. The van der Waals surface area contributed by atoms with Crippen LogP contribution in [0.4, 0.5) is 10.2 Å². The number of hydrogen-bond acceptors (Lipinski definition) is 6. The van der Waals surface area contributed by atoms with Crippen molar-refractivity contribution in [3.8, 4) is 22.9 Å². The van der Waals surface area contributed by atoms with Gasteiger partial charge in [-0.3, -0.25) is 19.1 Å². The van der Waals surface area contributed by atoms with E-state index >= 15 is 0 Å². The number of rotatable bonds is 6. The van der Waals surface area contributed by atoms with Crippen LogP contribution in [0, 0.1) is 5.82 Å². The van der Waals surface area contributed by atoms with Crippen LogP contribution in [0.3, 0.4) is 0 Å². The second kappa shape index (κ2) is 10.7. The molecule has 0 spiro atoms. The van der Waals surface area contributed by atoms with E-state index in [1.807, 2.05) is 18.2 Å². The van der Waals surface area contributed by atoms with E-state index in [9.17, 15) is 14.0 Å². The van der Waals surface area contributed by atoms with Crippen LogP contribution >= 0.6 is 0 Å². The second-order valence-electron chi connectivity index (χ2n) is 9.62. The molecule has 204 valence electrons. The van der Waals surface area contributed by atoms with E-state index in [1.165, 1.54) is 35.0 Å². The Bertz CT molecular complexity index is 1870. The van der Waals surface area contributed by atoms with Crippen LogP contribution in [0.1, 0.15) is 34.5 Å². The molecule has 0 fully saturated rings. The lowest BCUT2D eigenvalue weighted by Crippen LogP contribution is -2.32. The summed E-state index contributed by atoms with van der Waals surface area (Å²) in [6, 6.07) is 17.8. The van der Waals surface area contributed by atoms with Crippen LogP contribution in [0.25, 0.3) is 22.2 Å². The molecule has 1 aliphatic rings. The number of methoxy groups -OCH3 is 1. The molecule has 0 unspecified atom stereocenters. The van der Waals surface area contributed by atoms with Crippen molar-refractivity contribution in [2.24, 2.45) is 0 Å². The van der Waals surface area contributed by atoms with Gasteiger partial charge in [-0.25, -0.2) is 9.37 Å². The molecule has 1 amide bonds. The largest absolute Gasteiger partial charge is 0.497 e. The average molecular weight is 549 g/mol. The first kappa shape index (κ1) is 25.9. The monoisotopic (exact) mass is 548 g/mol. The predicted octanol–water partition coefficient (Wildman–Crippen LogP) is 6.32. The van der Waals surface area contributed by atoms with Crippen molar-refractivity contribution in [1.29, 1.82) is 0 Å².